The van der Waals surface area contributed by atoms with Crippen molar-refractivity contribution in [2.24, 2.45) is 0 Å². The van der Waals surface area contributed by atoms with Crippen LogP contribution in [0.25, 0.3) is 11.1 Å². The SMILES string of the molecule is Nc1cccc2oc(CN3CCS(=O)CC3)nc12. The molecule has 2 aromatic rings. The average Bonchev–Trinajstić information content (AvgIpc) is 2.76. The van der Waals surface area contributed by atoms with Gasteiger partial charge in [0.1, 0.15) is 5.52 Å². The van der Waals surface area contributed by atoms with Gasteiger partial charge in [0.05, 0.1) is 12.2 Å². The van der Waals surface area contributed by atoms with Crippen molar-refractivity contribution in [1.82, 2.24) is 9.88 Å². The van der Waals surface area contributed by atoms with Gasteiger partial charge in [0.2, 0.25) is 5.89 Å². The number of benzene rings is 1. The van der Waals surface area contributed by atoms with Crippen LogP contribution < -0.4 is 5.73 Å². The van der Waals surface area contributed by atoms with Crippen molar-refractivity contribution in [3.8, 4) is 0 Å². The van der Waals surface area contributed by atoms with Crippen LogP contribution in [0.1, 0.15) is 5.89 Å². The topological polar surface area (TPSA) is 72.4 Å². The Kier molecular flexibility index (Phi) is 3.05. The minimum Gasteiger partial charge on any atom is -0.439 e. The Balaban J connectivity index is 1.79. The van der Waals surface area contributed by atoms with Crippen LogP contribution in [0.4, 0.5) is 5.69 Å². The van der Waals surface area contributed by atoms with Crippen LogP contribution in [0.15, 0.2) is 22.6 Å². The highest BCUT2D eigenvalue weighted by Gasteiger charge is 2.17. The van der Waals surface area contributed by atoms with Gasteiger partial charge in [-0.3, -0.25) is 9.11 Å². The van der Waals surface area contributed by atoms with E-state index in [-0.39, 0.29) is 0 Å². The second kappa shape index (κ2) is 4.70. The molecule has 96 valence electrons. The molecule has 1 aromatic carbocycles. The molecule has 0 bridgehead atoms. The van der Waals surface area contributed by atoms with Crippen LogP contribution in [-0.4, -0.2) is 38.7 Å². The van der Waals surface area contributed by atoms with E-state index < -0.39 is 10.8 Å². The minimum absolute atomic E-state index is 0.641. The molecule has 0 unspecified atom stereocenters. The molecule has 5 nitrogen and oxygen atoms in total. The lowest BCUT2D eigenvalue weighted by molar-refractivity contribution is 0.263. The molecule has 0 amide bonds. The Morgan fingerprint density at radius 1 is 1.39 bits per heavy atom. The van der Waals surface area contributed by atoms with Crippen molar-refractivity contribution < 1.29 is 8.63 Å². The molecule has 6 heteroatoms. The number of anilines is 1. The van der Waals surface area contributed by atoms with Gasteiger partial charge in [-0.1, -0.05) is 6.07 Å². The zero-order valence-electron chi connectivity index (χ0n) is 9.96. The van der Waals surface area contributed by atoms with E-state index in [1.165, 1.54) is 0 Å². The largest absolute Gasteiger partial charge is 0.439 e. The summed E-state index contributed by atoms with van der Waals surface area (Å²) < 4.78 is 16.9. The third-order valence-corrected chi connectivity index (χ3v) is 4.40. The Labute approximate surface area is 107 Å². The molecule has 2 heterocycles. The average molecular weight is 265 g/mol. The summed E-state index contributed by atoms with van der Waals surface area (Å²) in [5, 5.41) is 0. The lowest BCUT2D eigenvalue weighted by atomic mass is 10.3. The molecule has 0 aliphatic carbocycles. The summed E-state index contributed by atoms with van der Waals surface area (Å²) in [5.74, 6) is 2.15. The molecule has 1 aliphatic rings. The first-order valence-corrected chi connectivity index (χ1v) is 7.42. The normalized spacial score (nSPS) is 18.4. The fourth-order valence-corrected chi connectivity index (χ4v) is 3.24. The Bertz CT molecular complexity index is 586. The van der Waals surface area contributed by atoms with Crippen LogP contribution in [0, 0.1) is 0 Å². The van der Waals surface area contributed by atoms with Gasteiger partial charge < -0.3 is 10.2 Å². The summed E-state index contributed by atoms with van der Waals surface area (Å²) in [7, 11) is -0.650. The van der Waals surface area contributed by atoms with Crippen LogP contribution in [0.2, 0.25) is 0 Å². The fourth-order valence-electron chi connectivity index (χ4n) is 2.11. The number of nitrogen functional groups attached to an aromatic ring is 1. The van der Waals surface area contributed by atoms with E-state index in [0.717, 1.165) is 35.7 Å². The molecule has 0 radical (unpaired) electrons. The van der Waals surface area contributed by atoms with Gasteiger partial charge in [-0.25, -0.2) is 4.98 Å². The summed E-state index contributed by atoms with van der Waals surface area (Å²) in [6.45, 7) is 2.33. The standard InChI is InChI=1S/C12H15N3O2S/c13-9-2-1-3-10-12(9)14-11(17-10)8-15-4-6-18(16)7-5-15/h1-3H,4-8,13H2. The van der Waals surface area contributed by atoms with Gasteiger partial charge in [-0.2, -0.15) is 0 Å². The van der Waals surface area contributed by atoms with E-state index >= 15 is 0 Å². The number of aromatic nitrogens is 1. The van der Waals surface area contributed by atoms with Gasteiger partial charge in [-0.05, 0) is 12.1 Å². The number of nitrogens with two attached hydrogens (primary N) is 1. The molecule has 0 atom stereocenters. The van der Waals surface area contributed by atoms with Gasteiger partial charge in [0, 0.05) is 35.4 Å². The van der Waals surface area contributed by atoms with E-state index in [4.69, 9.17) is 10.2 Å². The van der Waals surface area contributed by atoms with Gasteiger partial charge >= 0.3 is 0 Å². The molecular formula is C12H15N3O2S. The highest BCUT2D eigenvalue weighted by atomic mass is 32.2. The fraction of sp³-hybridized carbons (Fsp3) is 0.417. The molecule has 1 saturated heterocycles. The van der Waals surface area contributed by atoms with Crippen molar-refractivity contribution in [2.45, 2.75) is 6.54 Å². The molecular weight excluding hydrogens is 250 g/mol. The zero-order valence-corrected chi connectivity index (χ0v) is 10.8. The lowest BCUT2D eigenvalue weighted by Crippen LogP contribution is -2.37. The number of oxazole rings is 1. The second-order valence-corrected chi connectivity index (χ2v) is 6.12. The number of para-hydroxylation sites is 1. The van der Waals surface area contributed by atoms with Gasteiger partial charge in [0.25, 0.3) is 0 Å². The summed E-state index contributed by atoms with van der Waals surface area (Å²) >= 11 is 0. The van der Waals surface area contributed by atoms with Crippen LogP contribution in [0.3, 0.4) is 0 Å². The van der Waals surface area contributed by atoms with E-state index in [1.54, 1.807) is 0 Å². The zero-order chi connectivity index (χ0) is 12.5. The Hall–Kier alpha value is -1.40. The number of hydrogen-bond donors (Lipinski definition) is 1. The predicted octanol–water partition coefficient (Wildman–Crippen LogP) is 0.974. The highest BCUT2D eigenvalue weighted by Crippen LogP contribution is 2.22. The first-order valence-electron chi connectivity index (χ1n) is 5.93. The number of fused-ring (bicyclic) bond motifs is 1. The molecule has 3 rings (SSSR count). The maximum atomic E-state index is 11.3. The first kappa shape index (κ1) is 11.7. The maximum absolute atomic E-state index is 11.3. The molecule has 0 saturated carbocycles. The second-order valence-electron chi connectivity index (χ2n) is 4.43. The maximum Gasteiger partial charge on any atom is 0.209 e. The number of hydrogen-bond acceptors (Lipinski definition) is 5. The lowest BCUT2D eigenvalue weighted by Gasteiger charge is -2.24. The van der Waals surface area contributed by atoms with E-state index in [1.807, 2.05) is 18.2 Å². The smallest absolute Gasteiger partial charge is 0.209 e. The summed E-state index contributed by atoms with van der Waals surface area (Å²) in [4.78, 5) is 6.63. The van der Waals surface area contributed by atoms with Gasteiger partial charge in [0.15, 0.2) is 5.58 Å². The van der Waals surface area contributed by atoms with Crippen molar-refractivity contribution in [3.63, 3.8) is 0 Å². The van der Waals surface area contributed by atoms with E-state index in [0.29, 0.717) is 18.1 Å². The third-order valence-electron chi connectivity index (χ3n) is 3.12. The highest BCUT2D eigenvalue weighted by molar-refractivity contribution is 7.85. The van der Waals surface area contributed by atoms with Crippen LogP contribution in [-0.2, 0) is 17.3 Å². The summed E-state index contributed by atoms with van der Waals surface area (Å²) in [6.07, 6.45) is 0. The molecule has 1 aliphatic heterocycles. The minimum atomic E-state index is -0.650. The quantitative estimate of drug-likeness (QED) is 0.819. The van der Waals surface area contributed by atoms with Crippen molar-refractivity contribution in [2.75, 3.05) is 30.3 Å². The summed E-state index contributed by atoms with van der Waals surface area (Å²) in [5.41, 5.74) is 7.94. The molecule has 0 spiro atoms. The van der Waals surface area contributed by atoms with E-state index in [9.17, 15) is 4.21 Å². The van der Waals surface area contributed by atoms with Crippen LogP contribution >= 0.6 is 0 Å². The molecule has 2 N–H and O–H groups in total. The van der Waals surface area contributed by atoms with Crippen LogP contribution in [0.5, 0.6) is 0 Å². The molecule has 18 heavy (non-hydrogen) atoms. The molecule has 1 fully saturated rings. The van der Waals surface area contributed by atoms with Gasteiger partial charge in [-0.15, -0.1) is 0 Å². The Morgan fingerprint density at radius 3 is 2.89 bits per heavy atom. The third kappa shape index (κ3) is 2.26. The first-order chi connectivity index (χ1) is 8.72. The monoisotopic (exact) mass is 265 g/mol. The van der Waals surface area contributed by atoms with Crippen molar-refractivity contribution >= 4 is 27.6 Å². The Morgan fingerprint density at radius 2 is 2.17 bits per heavy atom. The number of nitrogens with zero attached hydrogens (tertiary/aromatic N) is 2. The summed E-state index contributed by atoms with van der Waals surface area (Å²) in [6, 6.07) is 5.54. The number of rotatable bonds is 2. The predicted molar refractivity (Wildman–Crippen MR) is 71.6 cm³/mol. The molecule has 1 aromatic heterocycles. The van der Waals surface area contributed by atoms with E-state index in [2.05, 4.69) is 9.88 Å². The van der Waals surface area contributed by atoms with Crippen molar-refractivity contribution in [3.05, 3.63) is 24.1 Å². The van der Waals surface area contributed by atoms with Crippen molar-refractivity contribution in [1.29, 1.82) is 0 Å².